The molecule has 4 aromatic rings. The maximum Gasteiger partial charge on any atom is 0.258 e. The molecular weight excluding hydrogens is 424 g/mol. The molecule has 0 radical (unpaired) electrons. The van der Waals surface area contributed by atoms with Crippen LogP contribution < -0.4 is 15.4 Å². The fraction of sp³-hybridized carbons (Fsp3) is 0.304. The number of amides is 1. The highest BCUT2D eigenvalue weighted by molar-refractivity contribution is 7.09. The highest BCUT2D eigenvalue weighted by Crippen LogP contribution is 2.20. The Morgan fingerprint density at radius 2 is 2.03 bits per heavy atom. The Hall–Kier alpha value is -3.46. The summed E-state index contributed by atoms with van der Waals surface area (Å²) < 4.78 is 7.33. The third-order valence-electron chi connectivity index (χ3n) is 5.01. The number of hydrogen-bond acceptors (Lipinski definition) is 7. The summed E-state index contributed by atoms with van der Waals surface area (Å²) in [6.45, 7) is 5.87. The predicted octanol–water partition coefficient (Wildman–Crippen LogP) is 3.82. The Bertz CT molecular complexity index is 1160. The van der Waals surface area contributed by atoms with Crippen molar-refractivity contribution in [3.8, 4) is 5.75 Å². The highest BCUT2D eigenvalue weighted by Gasteiger charge is 2.10. The second-order valence-electron chi connectivity index (χ2n) is 7.62. The summed E-state index contributed by atoms with van der Waals surface area (Å²) in [5.41, 5.74) is 1.96. The van der Waals surface area contributed by atoms with Crippen LogP contribution in [0, 0.1) is 0 Å². The number of ether oxygens (including phenoxy) is 1. The van der Waals surface area contributed by atoms with Crippen LogP contribution in [-0.4, -0.2) is 38.8 Å². The maximum atomic E-state index is 12.1. The number of hydrogen-bond donors (Lipinski definition) is 2. The molecule has 0 spiro atoms. The third-order valence-corrected chi connectivity index (χ3v) is 5.88. The maximum absolute atomic E-state index is 12.1. The van der Waals surface area contributed by atoms with E-state index >= 15 is 0 Å². The lowest BCUT2D eigenvalue weighted by atomic mass is 10.0. The molecule has 0 aliphatic carbocycles. The van der Waals surface area contributed by atoms with E-state index < -0.39 is 0 Å². The molecule has 0 fully saturated rings. The normalized spacial score (nSPS) is 11.1. The van der Waals surface area contributed by atoms with Gasteiger partial charge in [0.2, 0.25) is 0 Å². The Morgan fingerprint density at radius 1 is 1.19 bits per heavy atom. The summed E-state index contributed by atoms with van der Waals surface area (Å²) in [5.74, 6) is 1.71. The van der Waals surface area contributed by atoms with Gasteiger partial charge in [-0.3, -0.25) is 4.79 Å². The van der Waals surface area contributed by atoms with Crippen LogP contribution in [0.2, 0.25) is 0 Å². The van der Waals surface area contributed by atoms with Crippen molar-refractivity contribution in [2.24, 2.45) is 0 Å². The van der Waals surface area contributed by atoms with Crippen molar-refractivity contribution in [1.82, 2.24) is 25.1 Å². The van der Waals surface area contributed by atoms with E-state index in [0.717, 1.165) is 16.9 Å². The first-order chi connectivity index (χ1) is 15.6. The summed E-state index contributed by atoms with van der Waals surface area (Å²) in [6, 6.07) is 11.9. The number of anilines is 1. The first kappa shape index (κ1) is 21.8. The van der Waals surface area contributed by atoms with Crippen LogP contribution in [0.25, 0.3) is 11.0 Å². The van der Waals surface area contributed by atoms with Crippen LogP contribution in [0.5, 0.6) is 5.75 Å². The van der Waals surface area contributed by atoms with Gasteiger partial charge in [0.1, 0.15) is 17.9 Å². The average molecular weight is 451 g/mol. The second kappa shape index (κ2) is 10.2. The largest absolute Gasteiger partial charge is 0.484 e. The lowest BCUT2D eigenvalue weighted by Gasteiger charge is -2.10. The fourth-order valence-electron chi connectivity index (χ4n) is 3.23. The predicted molar refractivity (Wildman–Crippen MR) is 126 cm³/mol. The lowest BCUT2D eigenvalue weighted by Crippen LogP contribution is -2.31. The molecule has 0 saturated carbocycles. The van der Waals surface area contributed by atoms with E-state index in [1.807, 2.05) is 35.7 Å². The topological polar surface area (TPSA) is 94.0 Å². The summed E-state index contributed by atoms with van der Waals surface area (Å²) >= 11 is 1.69. The number of fused-ring (bicyclic) bond motifs is 1. The zero-order valence-electron chi connectivity index (χ0n) is 18.1. The molecule has 0 aliphatic heterocycles. The minimum absolute atomic E-state index is 0.0279. The molecule has 1 amide bonds. The van der Waals surface area contributed by atoms with Gasteiger partial charge in [-0.05, 0) is 35.1 Å². The van der Waals surface area contributed by atoms with Crippen molar-refractivity contribution in [3.05, 3.63) is 64.7 Å². The molecule has 0 aliphatic rings. The molecule has 2 N–H and O–H groups in total. The van der Waals surface area contributed by atoms with Gasteiger partial charge in [-0.25, -0.2) is 14.6 Å². The minimum Gasteiger partial charge on any atom is -0.484 e. The van der Waals surface area contributed by atoms with Crippen LogP contribution >= 0.6 is 11.3 Å². The number of carbonyl (C=O) groups is 1. The summed E-state index contributed by atoms with van der Waals surface area (Å²) in [6.07, 6.45) is 3.27. The van der Waals surface area contributed by atoms with Gasteiger partial charge in [-0.2, -0.15) is 5.10 Å². The van der Waals surface area contributed by atoms with Crippen molar-refractivity contribution in [3.63, 3.8) is 0 Å². The Balaban J connectivity index is 1.26. The number of thiophene rings is 1. The smallest absolute Gasteiger partial charge is 0.258 e. The van der Waals surface area contributed by atoms with Crippen molar-refractivity contribution in [1.29, 1.82) is 0 Å². The lowest BCUT2D eigenvalue weighted by molar-refractivity contribution is -0.123. The van der Waals surface area contributed by atoms with E-state index in [-0.39, 0.29) is 12.5 Å². The zero-order valence-corrected chi connectivity index (χ0v) is 18.9. The summed E-state index contributed by atoms with van der Waals surface area (Å²) in [5, 5.41) is 13.5. The monoisotopic (exact) mass is 450 g/mol. The van der Waals surface area contributed by atoms with Gasteiger partial charge in [0, 0.05) is 11.4 Å². The Morgan fingerprint density at radius 3 is 2.78 bits per heavy atom. The van der Waals surface area contributed by atoms with Crippen molar-refractivity contribution in [2.75, 3.05) is 18.5 Å². The van der Waals surface area contributed by atoms with Gasteiger partial charge in [0.15, 0.2) is 12.3 Å². The standard InChI is InChI=1S/C23H26N6O2S/c1-16(2)17-5-7-18(8-6-17)31-14-21(30)24-9-10-29-23-20(13-28-29)22(26-15-27-23)25-12-19-4-3-11-32-19/h3-8,11,13,15-16H,9-10,12,14H2,1-2H3,(H,24,30)(H,25,26,27). The molecule has 9 heteroatoms. The molecule has 166 valence electrons. The van der Waals surface area contributed by atoms with Crippen molar-refractivity contribution >= 4 is 34.1 Å². The van der Waals surface area contributed by atoms with Crippen LogP contribution in [0.15, 0.2) is 54.3 Å². The fourth-order valence-corrected chi connectivity index (χ4v) is 3.88. The highest BCUT2D eigenvalue weighted by atomic mass is 32.1. The van der Waals surface area contributed by atoms with Crippen LogP contribution in [-0.2, 0) is 17.9 Å². The van der Waals surface area contributed by atoms with Gasteiger partial charge >= 0.3 is 0 Å². The number of rotatable bonds is 10. The SMILES string of the molecule is CC(C)c1ccc(OCC(=O)NCCn2ncc3c(NCc4cccs4)ncnc32)cc1. The van der Waals surface area contributed by atoms with Crippen molar-refractivity contribution in [2.45, 2.75) is 32.9 Å². The Labute approximate surface area is 190 Å². The van der Waals surface area contributed by atoms with E-state index in [1.165, 1.54) is 16.8 Å². The van der Waals surface area contributed by atoms with E-state index in [1.54, 1.807) is 22.2 Å². The number of aromatic nitrogens is 4. The van der Waals surface area contributed by atoms with Gasteiger partial charge in [-0.1, -0.05) is 32.0 Å². The molecule has 4 rings (SSSR count). The van der Waals surface area contributed by atoms with E-state index in [2.05, 4.69) is 45.6 Å². The number of nitrogens with one attached hydrogen (secondary N) is 2. The van der Waals surface area contributed by atoms with Gasteiger partial charge in [0.05, 0.1) is 24.7 Å². The Kier molecular flexibility index (Phi) is 6.96. The van der Waals surface area contributed by atoms with Crippen molar-refractivity contribution < 1.29 is 9.53 Å². The second-order valence-corrected chi connectivity index (χ2v) is 8.65. The molecule has 8 nitrogen and oxygen atoms in total. The van der Waals surface area contributed by atoms with E-state index in [4.69, 9.17) is 4.74 Å². The van der Waals surface area contributed by atoms with E-state index in [0.29, 0.717) is 31.3 Å². The van der Waals surface area contributed by atoms with Crippen LogP contribution in [0.4, 0.5) is 5.82 Å². The molecular formula is C23H26N6O2S. The molecule has 1 aromatic carbocycles. The molecule has 3 heterocycles. The van der Waals surface area contributed by atoms with Gasteiger partial charge in [-0.15, -0.1) is 11.3 Å². The van der Waals surface area contributed by atoms with Gasteiger partial charge < -0.3 is 15.4 Å². The molecule has 32 heavy (non-hydrogen) atoms. The zero-order chi connectivity index (χ0) is 22.3. The first-order valence-corrected chi connectivity index (χ1v) is 11.4. The minimum atomic E-state index is -0.178. The van der Waals surface area contributed by atoms with Gasteiger partial charge in [0.25, 0.3) is 5.91 Å². The summed E-state index contributed by atoms with van der Waals surface area (Å²) in [7, 11) is 0. The molecule has 0 unspecified atom stereocenters. The third kappa shape index (κ3) is 5.42. The summed E-state index contributed by atoms with van der Waals surface area (Å²) in [4.78, 5) is 22.1. The number of carbonyl (C=O) groups excluding carboxylic acids is 1. The molecule has 0 saturated heterocycles. The molecule has 0 bridgehead atoms. The number of benzene rings is 1. The quantitative estimate of drug-likeness (QED) is 0.382. The first-order valence-electron chi connectivity index (χ1n) is 10.5. The van der Waals surface area contributed by atoms with E-state index in [9.17, 15) is 4.79 Å². The average Bonchev–Trinajstić information content (AvgIpc) is 3.47. The van der Waals surface area contributed by atoms with Crippen LogP contribution in [0.3, 0.4) is 0 Å². The molecule has 3 aromatic heterocycles. The van der Waals surface area contributed by atoms with Crippen LogP contribution in [0.1, 0.15) is 30.2 Å². The molecule has 0 atom stereocenters. The number of nitrogens with zero attached hydrogens (tertiary/aromatic N) is 4.